The number of ether oxygens (including phenoxy) is 1. The van der Waals surface area contributed by atoms with Crippen LogP contribution in [0.15, 0.2) is 5.51 Å². The summed E-state index contributed by atoms with van der Waals surface area (Å²) < 4.78 is 5.91. The molecule has 2 unspecified atom stereocenters. The molecule has 14 heavy (non-hydrogen) atoms. The van der Waals surface area contributed by atoms with Gasteiger partial charge in [0.2, 0.25) is 0 Å². The summed E-state index contributed by atoms with van der Waals surface area (Å²) in [6.45, 7) is 7.95. The second-order valence-corrected chi connectivity index (χ2v) is 4.95. The van der Waals surface area contributed by atoms with Gasteiger partial charge in [-0.25, -0.2) is 4.98 Å². The van der Waals surface area contributed by atoms with E-state index >= 15 is 0 Å². The van der Waals surface area contributed by atoms with Crippen LogP contribution in [0.4, 0.5) is 0 Å². The van der Waals surface area contributed by atoms with Crippen LogP contribution in [-0.2, 0) is 10.3 Å². The Labute approximate surface area is 88.5 Å². The molecule has 2 atom stereocenters. The summed E-state index contributed by atoms with van der Waals surface area (Å²) in [5.74, 6) is 0. The van der Waals surface area contributed by atoms with E-state index in [1.807, 2.05) is 12.4 Å². The van der Waals surface area contributed by atoms with Gasteiger partial charge in [-0.2, -0.15) is 0 Å². The zero-order chi connectivity index (χ0) is 10.2. The first kappa shape index (κ1) is 10.1. The van der Waals surface area contributed by atoms with Gasteiger partial charge in [0.05, 0.1) is 22.7 Å². The van der Waals surface area contributed by atoms with Crippen molar-refractivity contribution in [3.05, 3.63) is 16.1 Å². The Kier molecular flexibility index (Phi) is 2.60. The van der Waals surface area contributed by atoms with E-state index in [0.717, 1.165) is 18.8 Å². The third-order valence-corrected chi connectivity index (χ3v) is 3.84. The molecule has 1 saturated heterocycles. The van der Waals surface area contributed by atoms with Gasteiger partial charge in [0.1, 0.15) is 5.60 Å². The maximum absolute atomic E-state index is 5.91. The first-order valence-corrected chi connectivity index (χ1v) is 5.78. The molecule has 1 aromatic rings. The van der Waals surface area contributed by atoms with E-state index in [1.165, 1.54) is 4.88 Å². The molecule has 0 bridgehead atoms. The van der Waals surface area contributed by atoms with Crippen LogP contribution in [0.25, 0.3) is 0 Å². The van der Waals surface area contributed by atoms with Crippen LogP contribution in [0, 0.1) is 6.92 Å². The van der Waals surface area contributed by atoms with Crippen molar-refractivity contribution in [1.29, 1.82) is 0 Å². The minimum absolute atomic E-state index is 0.183. The van der Waals surface area contributed by atoms with Gasteiger partial charge < -0.3 is 10.1 Å². The lowest BCUT2D eigenvalue weighted by atomic mass is 10.0. The number of nitrogens with one attached hydrogen (secondary N) is 1. The normalized spacial score (nSPS) is 33.2. The summed E-state index contributed by atoms with van der Waals surface area (Å²) in [4.78, 5) is 5.51. The van der Waals surface area contributed by atoms with Crippen LogP contribution in [0.1, 0.15) is 24.4 Å². The third kappa shape index (κ3) is 1.69. The van der Waals surface area contributed by atoms with E-state index in [0.29, 0.717) is 6.04 Å². The highest BCUT2D eigenvalue weighted by Gasteiger charge is 2.34. The topological polar surface area (TPSA) is 34.2 Å². The van der Waals surface area contributed by atoms with E-state index in [-0.39, 0.29) is 5.60 Å². The molecule has 0 saturated carbocycles. The highest BCUT2D eigenvalue weighted by molar-refractivity contribution is 7.09. The smallest absolute Gasteiger partial charge is 0.114 e. The van der Waals surface area contributed by atoms with Gasteiger partial charge in [-0.1, -0.05) is 0 Å². The summed E-state index contributed by atoms with van der Waals surface area (Å²) in [6.07, 6.45) is 0. The van der Waals surface area contributed by atoms with Crippen LogP contribution in [0.5, 0.6) is 0 Å². The number of hydrogen-bond donors (Lipinski definition) is 1. The van der Waals surface area contributed by atoms with Crippen molar-refractivity contribution in [2.75, 3.05) is 13.2 Å². The molecule has 4 heteroatoms. The van der Waals surface area contributed by atoms with Crippen molar-refractivity contribution in [3.63, 3.8) is 0 Å². The fourth-order valence-electron chi connectivity index (χ4n) is 1.74. The van der Waals surface area contributed by atoms with Gasteiger partial charge in [0, 0.05) is 12.6 Å². The van der Waals surface area contributed by atoms with Crippen molar-refractivity contribution in [1.82, 2.24) is 10.3 Å². The van der Waals surface area contributed by atoms with Crippen LogP contribution in [0.2, 0.25) is 0 Å². The fourth-order valence-corrected chi connectivity index (χ4v) is 2.66. The maximum Gasteiger partial charge on any atom is 0.114 e. The molecule has 0 radical (unpaired) electrons. The van der Waals surface area contributed by atoms with E-state index in [9.17, 15) is 0 Å². The first-order chi connectivity index (χ1) is 6.62. The Hall–Kier alpha value is -0.450. The zero-order valence-corrected chi connectivity index (χ0v) is 9.65. The summed E-state index contributed by atoms with van der Waals surface area (Å²) in [5.41, 5.74) is 2.79. The molecule has 0 aliphatic carbocycles. The van der Waals surface area contributed by atoms with Crippen LogP contribution in [0.3, 0.4) is 0 Å². The van der Waals surface area contributed by atoms with E-state index in [1.54, 1.807) is 11.3 Å². The van der Waals surface area contributed by atoms with E-state index < -0.39 is 0 Å². The zero-order valence-electron chi connectivity index (χ0n) is 8.83. The van der Waals surface area contributed by atoms with Gasteiger partial charge in [-0.3, -0.25) is 0 Å². The molecule has 1 N–H and O–H groups in total. The number of aryl methyl sites for hydroxylation is 1. The lowest BCUT2D eigenvalue weighted by molar-refractivity contribution is -0.0709. The highest BCUT2D eigenvalue weighted by Crippen LogP contribution is 2.32. The number of aromatic nitrogens is 1. The average molecular weight is 212 g/mol. The molecule has 2 rings (SSSR count). The molecular formula is C10H16N2OS. The van der Waals surface area contributed by atoms with Crippen molar-refractivity contribution in [2.45, 2.75) is 32.4 Å². The minimum Gasteiger partial charge on any atom is -0.367 e. The van der Waals surface area contributed by atoms with Crippen molar-refractivity contribution < 1.29 is 4.74 Å². The number of morpholine rings is 1. The van der Waals surface area contributed by atoms with Crippen LogP contribution >= 0.6 is 11.3 Å². The molecule has 2 heterocycles. The monoisotopic (exact) mass is 212 g/mol. The number of nitrogens with zero attached hydrogens (tertiary/aromatic N) is 1. The van der Waals surface area contributed by atoms with Gasteiger partial charge in [-0.05, 0) is 20.8 Å². The summed E-state index contributed by atoms with van der Waals surface area (Å²) in [5, 5.41) is 3.44. The van der Waals surface area contributed by atoms with Gasteiger partial charge in [-0.15, -0.1) is 11.3 Å². The van der Waals surface area contributed by atoms with Crippen molar-refractivity contribution in [3.8, 4) is 0 Å². The molecule has 0 aromatic carbocycles. The molecule has 1 fully saturated rings. The second kappa shape index (κ2) is 3.61. The fraction of sp³-hybridized carbons (Fsp3) is 0.700. The second-order valence-electron chi connectivity index (χ2n) is 4.09. The molecular weight excluding hydrogens is 196 g/mol. The Morgan fingerprint density at radius 2 is 2.50 bits per heavy atom. The predicted octanol–water partition coefficient (Wildman–Crippen LogP) is 1.68. The number of hydrogen-bond acceptors (Lipinski definition) is 4. The van der Waals surface area contributed by atoms with E-state index in [2.05, 4.69) is 24.1 Å². The van der Waals surface area contributed by atoms with Crippen molar-refractivity contribution >= 4 is 11.3 Å². The van der Waals surface area contributed by atoms with Gasteiger partial charge in [0.25, 0.3) is 0 Å². The lowest BCUT2D eigenvalue weighted by Crippen LogP contribution is -2.49. The quantitative estimate of drug-likeness (QED) is 0.769. The molecule has 0 spiro atoms. The molecule has 1 aliphatic rings. The molecule has 1 aromatic heterocycles. The SMILES string of the molecule is Cc1ncsc1C1(C)CNC(C)CO1. The molecule has 78 valence electrons. The molecule has 0 amide bonds. The average Bonchev–Trinajstić information content (AvgIpc) is 2.58. The first-order valence-electron chi connectivity index (χ1n) is 4.90. The Bertz CT molecular complexity index is 316. The summed E-state index contributed by atoms with van der Waals surface area (Å²) in [6, 6.07) is 0.455. The lowest BCUT2D eigenvalue weighted by Gasteiger charge is -2.36. The Balaban J connectivity index is 2.21. The molecule has 3 nitrogen and oxygen atoms in total. The van der Waals surface area contributed by atoms with Crippen molar-refractivity contribution in [2.24, 2.45) is 0 Å². The van der Waals surface area contributed by atoms with E-state index in [4.69, 9.17) is 4.74 Å². The van der Waals surface area contributed by atoms with Gasteiger partial charge >= 0.3 is 0 Å². The molecule has 1 aliphatic heterocycles. The van der Waals surface area contributed by atoms with Crippen LogP contribution in [-0.4, -0.2) is 24.2 Å². The number of thiazole rings is 1. The minimum atomic E-state index is -0.183. The highest BCUT2D eigenvalue weighted by atomic mass is 32.1. The largest absolute Gasteiger partial charge is 0.367 e. The maximum atomic E-state index is 5.91. The third-order valence-electron chi connectivity index (χ3n) is 2.67. The summed E-state index contributed by atoms with van der Waals surface area (Å²) in [7, 11) is 0. The van der Waals surface area contributed by atoms with Crippen LogP contribution < -0.4 is 5.32 Å². The van der Waals surface area contributed by atoms with Gasteiger partial charge in [0.15, 0.2) is 0 Å². The standard InChI is InChI=1S/C10H16N2OS/c1-7-4-13-10(3,5-11-7)9-8(2)12-6-14-9/h6-7,11H,4-5H2,1-3H3. The Morgan fingerprint density at radius 1 is 1.71 bits per heavy atom. The Morgan fingerprint density at radius 3 is 3.00 bits per heavy atom. The number of rotatable bonds is 1. The predicted molar refractivity (Wildman–Crippen MR) is 57.6 cm³/mol. The summed E-state index contributed by atoms with van der Waals surface area (Å²) >= 11 is 1.68.